The van der Waals surface area contributed by atoms with Crippen molar-refractivity contribution in [2.75, 3.05) is 13.1 Å². The molecule has 0 bridgehead atoms. The van der Waals surface area contributed by atoms with Crippen LogP contribution < -0.4 is 11.3 Å². The average molecular weight is 431 g/mol. The Morgan fingerprint density at radius 2 is 2.19 bits per heavy atom. The maximum atomic E-state index is 12.7. The minimum atomic E-state index is -0.179. The number of carbonyl (C=O) groups is 1. The van der Waals surface area contributed by atoms with E-state index in [9.17, 15) is 9.59 Å². The fourth-order valence-electron chi connectivity index (χ4n) is 3.50. The number of likely N-dealkylation sites (tertiary alicyclic amines) is 1. The molecule has 9 heteroatoms. The van der Waals surface area contributed by atoms with Crippen LogP contribution in [0.1, 0.15) is 36.5 Å². The molecule has 0 spiro atoms. The normalized spacial score (nSPS) is 20.7. The fourth-order valence-corrected chi connectivity index (χ4v) is 5.37. The number of nitrogens with two attached hydrogens (primary N) is 1. The van der Waals surface area contributed by atoms with E-state index >= 15 is 0 Å². The van der Waals surface area contributed by atoms with Crippen LogP contribution in [0.25, 0.3) is 10.2 Å². The van der Waals surface area contributed by atoms with Crippen molar-refractivity contribution in [1.82, 2.24) is 14.9 Å². The molecule has 1 saturated heterocycles. The molecule has 3 atom stereocenters. The van der Waals surface area contributed by atoms with Crippen LogP contribution in [-0.4, -0.2) is 45.2 Å². The maximum Gasteiger partial charge on any atom is 0.259 e. The van der Waals surface area contributed by atoms with Gasteiger partial charge in [-0.15, -0.1) is 35.5 Å². The van der Waals surface area contributed by atoms with Crippen LogP contribution >= 0.6 is 35.5 Å². The first-order valence-electron chi connectivity index (χ1n) is 8.92. The van der Waals surface area contributed by atoms with Gasteiger partial charge in [-0.3, -0.25) is 9.59 Å². The quantitative estimate of drug-likeness (QED) is 0.760. The number of amides is 1. The molecule has 3 N–H and O–H groups in total. The Bertz CT molecular complexity index is 882. The summed E-state index contributed by atoms with van der Waals surface area (Å²) in [5.41, 5.74) is 6.66. The molecule has 2 aromatic rings. The van der Waals surface area contributed by atoms with Gasteiger partial charge >= 0.3 is 0 Å². The number of H-pyrrole nitrogens is 1. The molecule has 6 nitrogen and oxygen atoms in total. The topological polar surface area (TPSA) is 92.1 Å². The van der Waals surface area contributed by atoms with Crippen LogP contribution in [0.15, 0.2) is 4.79 Å². The zero-order valence-electron chi connectivity index (χ0n) is 16.1. The van der Waals surface area contributed by atoms with Crippen molar-refractivity contribution in [3.05, 3.63) is 26.6 Å². The molecule has 3 rings (SSSR count). The maximum absolute atomic E-state index is 12.7. The van der Waals surface area contributed by atoms with Crippen molar-refractivity contribution in [2.24, 2.45) is 11.7 Å². The first kappa shape index (κ1) is 22.2. The smallest absolute Gasteiger partial charge is 0.259 e. The summed E-state index contributed by atoms with van der Waals surface area (Å²) in [4.78, 5) is 36.4. The number of rotatable bonds is 5. The number of halogens is 1. The molecule has 3 heterocycles. The Labute approximate surface area is 173 Å². The fraction of sp³-hybridized carbons (Fsp3) is 0.611. The van der Waals surface area contributed by atoms with E-state index in [1.54, 1.807) is 11.3 Å². The van der Waals surface area contributed by atoms with Crippen LogP contribution in [0.4, 0.5) is 0 Å². The van der Waals surface area contributed by atoms with E-state index in [0.29, 0.717) is 29.4 Å². The molecule has 1 aliphatic rings. The van der Waals surface area contributed by atoms with Gasteiger partial charge in [-0.05, 0) is 52.1 Å². The van der Waals surface area contributed by atoms with Crippen molar-refractivity contribution in [3.8, 4) is 0 Å². The van der Waals surface area contributed by atoms with E-state index in [-0.39, 0.29) is 35.2 Å². The zero-order valence-corrected chi connectivity index (χ0v) is 18.5. The van der Waals surface area contributed by atoms with Crippen LogP contribution in [0.2, 0.25) is 0 Å². The summed E-state index contributed by atoms with van der Waals surface area (Å²) in [7, 11) is 0. The van der Waals surface area contributed by atoms with E-state index in [1.165, 1.54) is 11.8 Å². The summed E-state index contributed by atoms with van der Waals surface area (Å²) in [6.07, 6.45) is 0.974. The molecule has 3 unspecified atom stereocenters. The Balaban J connectivity index is 0.00000261. The molecule has 150 valence electrons. The van der Waals surface area contributed by atoms with E-state index in [2.05, 4.69) is 16.9 Å². The summed E-state index contributed by atoms with van der Waals surface area (Å²) < 4.78 is 0. The van der Waals surface area contributed by atoms with E-state index in [0.717, 1.165) is 28.2 Å². The highest BCUT2D eigenvalue weighted by Gasteiger charge is 2.33. The number of hydrogen-bond acceptors (Lipinski definition) is 6. The van der Waals surface area contributed by atoms with Crippen molar-refractivity contribution < 1.29 is 4.79 Å². The standard InChI is InChI=1S/C18H26N4O2S2.ClH/c1-9-5-13(6-19)7-22(9)18(24)12(4)25-8-14-20-16(23)15-10(2)11(3)26-17(15)21-14;/h9,12-13H,5-8,19H2,1-4H3,(H,20,21,23);1H. The molecule has 0 aromatic carbocycles. The number of nitrogens with one attached hydrogen (secondary N) is 1. The molecule has 0 aliphatic carbocycles. The Morgan fingerprint density at radius 1 is 1.48 bits per heavy atom. The highest BCUT2D eigenvalue weighted by Crippen LogP contribution is 2.28. The van der Waals surface area contributed by atoms with Crippen molar-refractivity contribution in [3.63, 3.8) is 0 Å². The molecule has 2 aromatic heterocycles. The molecule has 1 fully saturated rings. The molecule has 0 radical (unpaired) electrons. The Kier molecular flexibility index (Phi) is 7.35. The SMILES string of the molecule is Cc1sc2nc(CSC(C)C(=O)N3CC(CN)CC3C)[nH]c(=O)c2c1C.Cl. The van der Waals surface area contributed by atoms with Gasteiger partial charge in [0.15, 0.2) is 0 Å². The molecule has 27 heavy (non-hydrogen) atoms. The lowest BCUT2D eigenvalue weighted by atomic mass is 10.1. The number of thioether (sulfide) groups is 1. The minimum absolute atomic E-state index is 0. The molecule has 0 saturated carbocycles. The number of aromatic nitrogens is 2. The van der Waals surface area contributed by atoms with Crippen LogP contribution in [-0.2, 0) is 10.5 Å². The third-order valence-corrected chi connectivity index (χ3v) is 7.43. The number of fused-ring (bicyclic) bond motifs is 1. The highest BCUT2D eigenvalue weighted by atomic mass is 35.5. The first-order chi connectivity index (χ1) is 12.3. The predicted molar refractivity (Wildman–Crippen MR) is 116 cm³/mol. The Hall–Kier alpha value is -1.09. The Morgan fingerprint density at radius 3 is 2.81 bits per heavy atom. The van der Waals surface area contributed by atoms with E-state index < -0.39 is 0 Å². The molecular weight excluding hydrogens is 404 g/mol. The summed E-state index contributed by atoms with van der Waals surface area (Å²) in [5.74, 6) is 1.68. The summed E-state index contributed by atoms with van der Waals surface area (Å²) >= 11 is 3.06. The monoisotopic (exact) mass is 430 g/mol. The van der Waals surface area contributed by atoms with Gasteiger partial charge in [0.25, 0.3) is 5.56 Å². The van der Waals surface area contributed by atoms with Crippen LogP contribution in [0, 0.1) is 19.8 Å². The second-order valence-corrected chi connectivity index (χ2v) is 9.64. The molecular formula is C18H27ClN4O2S2. The number of nitrogens with zero attached hydrogens (tertiary/aromatic N) is 2. The minimum Gasteiger partial charge on any atom is -0.339 e. The van der Waals surface area contributed by atoms with Crippen LogP contribution in [0.3, 0.4) is 0 Å². The van der Waals surface area contributed by atoms with Gasteiger partial charge in [-0.25, -0.2) is 4.98 Å². The van der Waals surface area contributed by atoms with Gasteiger partial charge in [-0.1, -0.05) is 0 Å². The predicted octanol–water partition coefficient (Wildman–Crippen LogP) is 2.84. The van der Waals surface area contributed by atoms with Crippen molar-refractivity contribution in [2.45, 2.75) is 51.2 Å². The zero-order chi connectivity index (χ0) is 19.0. The summed E-state index contributed by atoms with van der Waals surface area (Å²) in [5, 5.41) is 0.505. The van der Waals surface area contributed by atoms with E-state index in [1.807, 2.05) is 25.7 Å². The number of hydrogen-bond donors (Lipinski definition) is 2. The number of thiophene rings is 1. The number of carbonyl (C=O) groups excluding carboxylic acids is 1. The van der Waals surface area contributed by atoms with Crippen LogP contribution in [0.5, 0.6) is 0 Å². The largest absolute Gasteiger partial charge is 0.339 e. The van der Waals surface area contributed by atoms with Gasteiger partial charge in [0.2, 0.25) is 5.91 Å². The second-order valence-electron chi connectivity index (χ2n) is 7.11. The number of aryl methyl sites for hydroxylation is 2. The lowest BCUT2D eigenvalue weighted by molar-refractivity contribution is -0.130. The first-order valence-corrected chi connectivity index (χ1v) is 10.8. The van der Waals surface area contributed by atoms with Gasteiger partial charge < -0.3 is 15.6 Å². The van der Waals surface area contributed by atoms with Gasteiger partial charge in [-0.2, -0.15) is 0 Å². The van der Waals surface area contributed by atoms with Gasteiger partial charge in [0.1, 0.15) is 10.7 Å². The van der Waals surface area contributed by atoms with Crippen molar-refractivity contribution in [1.29, 1.82) is 0 Å². The van der Waals surface area contributed by atoms with Gasteiger partial charge in [0.05, 0.1) is 16.4 Å². The second kappa shape index (κ2) is 8.94. The lowest BCUT2D eigenvalue weighted by Gasteiger charge is -2.24. The highest BCUT2D eigenvalue weighted by molar-refractivity contribution is 7.99. The summed E-state index contributed by atoms with van der Waals surface area (Å²) in [6.45, 7) is 9.33. The van der Waals surface area contributed by atoms with Crippen molar-refractivity contribution >= 4 is 51.6 Å². The van der Waals surface area contributed by atoms with Gasteiger partial charge in [0, 0.05) is 17.5 Å². The third kappa shape index (κ3) is 4.50. The average Bonchev–Trinajstić information content (AvgIpc) is 3.12. The van der Waals surface area contributed by atoms with E-state index in [4.69, 9.17) is 5.73 Å². The molecule has 1 amide bonds. The summed E-state index contributed by atoms with van der Waals surface area (Å²) in [6, 6.07) is 0.241. The third-order valence-electron chi connectivity index (χ3n) is 5.18. The molecule has 1 aliphatic heterocycles. The number of aromatic amines is 1. The lowest BCUT2D eigenvalue weighted by Crippen LogP contribution is -2.39.